The first-order valence-corrected chi connectivity index (χ1v) is 25.2. The van der Waals surface area contributed by atoms with E-state index >= 15 is 0 Å². The van der Waals surface area contributed by atoms with Gasteiger partial charge in [0.05, 0.1) is 58.7 Å². The van der Waals surface area contributed by atoms with Gasteiger partial charge in [-0.3, -0.25) is 4.79 Å². The Bertz CT molecular complexity index is 2000. The van der Waals surface area contributed by atoms with E-state index in [0.29, 0.717) is 43.8 Å². The van der Waals surface area contributed by atoms with Crippen LogP contribution >= 0.6 is 0 Å². The lowest BCUT2D eigenvalue weighted by Gasteiger charge is -2.48. The normalized spacial score (nSPS) is 38.8. The highest BCUT2D eigenvalue weighted by Gasteiger charge is 2.52. The number of cyclic esters (lactones) is 1. The molecular weight excluding hydrogens is 928 g/mol. The van der Waals surface area contributed by atoms with Crippen molar-refractivity contribution < 1.29 is 72.9 Å². The number of esters is 1. The Kier molecular flexibility index (Phi) is 20.3. The molecular formula is C50H84FN6O14+. The first kappa shape index (κ1) is 58.4. The van der Waals surface area contributed by atoms with Gasteiger partial charge in [-0.05, 0) is 99.9 Å². The summed E-state index contributed by atoms with van der Waals surface area (Å²) in [5.74, 6) is -2.25. The van der Waals surface area contributed by atoms with E-state index in [-0.39, 0.29) is 61.1 Å². The third-order valence-electron chi connectivity index (χ3n) is 15.2. The summed E-state index contributed by atoms with van der Waals surface area (Å²) in [7, 11) is 5.36. The van der Waals surface area contributed by atoms with Crippen LogP contribution in [0, 0.1) is 22.7 Å². The Labute approximate surface area is 418 Å². The molecule has 0 unspecified atom stereocenters. The van der Waals surface area contributed by atoms with Crippen molar-refractivity contribution in [2.45, 2.75) is 205 Å². The van der Waals surface area contributed by atoms with Crippen molar-refractivity contribution in [1.29, 1.82) is 0 Å². The number of carbonyl (C=O) groups excluding carboxylic acids is 1. The second kappa shape index (κ2) is 24.7. The zero-order valence-electron chi connectivity index (χ0n) is 44.1. The molecule has 0 aliphatic carbocycles. The summed E-state index contributed by atoms with van der Waals surface area (Å²) in [6, 6.07) is 5.06. The lowest BCUT2D eigenvalue weighted by atomic mass is 9.77. The zero-order valence-corrected chi connectivity index (χ0v) is 44.1. The molecule has 3 aliphatic rings. The van der Waals surface area contributed by atoms with E-state index in [1.807, 2.05) is 39.8 Å². The van der Waals surface area contributed by atoms with Crippen molar-refractivity contribution in [3.05, 3.63) is 41.1 Å². The Balaban J connectivity index is 1.36. The summed E-state index contributed by atoms with van der Waals surface area (Å²) in [4.78, 5) is 29.4. The molecule has 0 radical (unpaired) electrons. The van der Waals surface area contributed by atoms with Crippen molar-refractivity contribution in [2.75, 3.05) is 40.9 Å². The van der Waals surface area contributed by atoms with Crippen LogP contribution in [0.4, 0.5) is 10.1 Å². The van der Waals surface area contributed by atoms with E-state index in [9.17, 15) is 34.5 Å². The molecule has 0 bridgehead atoms. The number of aliphatic hydroxyl groups is 4. The molecule has 404 valence electrons. The van der Waals surface area contributed by atoms with Crippen LogP contribution in [0.1, 0.15) is 107 Å². The summed E-state index contributed by atoms with van der Waals surface area (Å²) in [6.45, 7) is 18.5. The molecule has 0 amide bonds. The zero-order chi connectivity index (χ0) is 52.7. The number of aliphatic hydroxyl groups excluding tert-OH is 2. The van der Waals surface area contributed by atoms with Gasteiger partial charge in [-0.15, -0.1) is 5.10 Å². The molecule has 1 aromatic heterocycles. The second-order valence-corrected chi connectivity index (χ2v) is 21.4. The van der Waals surface area contributed by atoms with Gasteiger partial charge in [0.25, 0.3) is 4.92 Å². The largest absolute Gasteiger partial charge is 0.490 e. The molecule has 2 aromatic rings. The lowest BCUT2D eigenvalue weighted by molar-refractivity contribution is -0.729. The highest BCUT2D eigenvalue weighted by atomic mass is 19.1. The van der Waals surface area contributed by atoms with E-state index in [0.717, 1.165) is 0 Å². The number of benzene rings is 1. The molecule has 5 rings (SSSR count). The number of rotatable bonds is 16. The second-order valence-electron chi connectivity index (χ2n) is 21.4. The van der Waals surface area contributed by atoms with Crippen molar-refractivity contribution in [1.82, 2.24) is 24.8 Å². The number of aromatic nitrogens is 3. The van der Waals surface area contributed by atoms with E-state index in [2.05, 4.69) is 15.2 Å². The molecule has 1 aromatic carbocycles. The summed E-state index contributed by atoms with van der Waals surface area (Å²) < 4.78 is 60.4. The number of hydrogen-bond acceptors (Lipinski definition) is 17. The smallest absolute Gasteiger partial charge is 0.316 e. The summed E-state index contributed by atoms with van der Waals surface area (Å²) >= 11 is 0. The molecule has 0 spiro atoms. The van der Waals surface area contributed by atoms with Crippen LogP contribution in [0.15, 0.2) is 30.5 Å². The standard InChI is InChI=1S/C50H84FN6O14/c1-14-40-50(10,62)44(58)33(6)55(12)25-29(2)23-48(8,61)46(31(4)43(32(5)47(60)69-40)70-42-24-49(9,65-13)45(59)34(7)68-42)71-41-22-38(21-30(3)67-41)54(11)20-19-36-27-56(53-52-36)26-35(51)28-66-39-17-15-37(16-18-39)57(63)64/h15-18,27,29-35,38,40-46,58-59,61-62H,14,19-26,28H2,1-13H3,(H,63,64)/q+1/t29-,30-,31+,32-,33-,34+,35-,38+,40-,41+,42+,43+,44-,45+,46-,48-,49-,50-/m1/s1. The van der Waals surface area contributed by atoms with Crippen LogP contribution < -0.4 is 4.74 Å². The summed E-state index contributed by atoms with van der Waals surface area (Å²) in [5.41, 5.74) is -3.72. The molecule has 0 saturated carbocycles. The number of likely N-dealkylation sites (N-methyl/N-ethyl adjacent to an activating group) is 2. The number of nitrogens with zero attached hydrogens (tertiary/aromatic N) is 6. The summed E-state index contributed by atoms with van der Waals surface area (Å²) in [6.07, 6.45) is -5.53. The van der Waals surface area contributed by atoms with Crippen LogP contribution in [0.25, 0.3) is 0 Å². The molecule has 18 atom stereocenters. The lowest BCUT2D eigenvalue weighted by Crippen LogP contribution is -2.59. The van der Waals surface area contributed by atoms with Crippen LogP contribution in [-0.4, -0.2) is 193 Å². The molecule has 4 heterocycles. The number of carbonyl (C=O) groups is 1. The number of ether oxygens (including phenoxy) is 7. The minimum atomic E-state index is -1.83. The van der Waals surface area contributed by atoms with Crippen molar-refractivity contribution in [3.8, 4) is 5.75 Å². The predicted molar refractivity (Wildman–Crippen MR) is 257 cm³/mol. The van der Waals surface area contributed by atoms with Gasteiger partial charge in [0.15, 0.2) is 18.8 Å². The molecule has 3 fully saturated rings. The summed E-state index contributed by atoms with van der Waals surface area (Å²) in [5, 5.41) is 64.8. The third-order valence-corrected chi connectivity index (χ3v) is 15.2. The van der Waals surface area contributed by atoms with Gasteiger partial charge in [0, 0.05) is 75.8 Å². The number of alkyl halides is 1. The Morgan fingerprint density at radius 2 is 1.66 bits per heavy atom. The van der Waals surface area contributed by atoms with Crippen molar-refractivity contribution in [2.24, 2.45) is 17.8 Å². The Morgan fingerprint density at radius 1 is 0.986 bits per heavy atom. The quantitative estimate of drug-likeness (QED) is 0.116. The molecule has 3 aliphatic heterocycles. The topological polar surface area (TPSA) is 240 Å². The van der Waals surface area contributed by atoms with Crippen LogP contribution in [-0.2, 0) is 46.2 Å². The minimum absolute atomic E-state index is 0.0210. The third kappa shape index (κ3) is 14.9. The van der Waals surface area contributed by atoms with Gasteiger partial charge in [0.1, 0.15) is 36.3 Å². The molecule has 3 saturated heterocycles. The van der Waals surface area contributed by atoms with Crippen LogP contribution in [0.5, 0.6) is 5.75 Å². The maximum Gasteiger partial charge on any atom is 0.316 e. The predicted octanol–water partition coefficient (Wildman–Crippen LogP) is 4.35. The van der Waals surface area contributed by atoms with E-state index < -0.39 is 96.0 Å². The molecule has 21 heteroatoms. The van der Waals surface area contributed by atoms with Gasteiger partial charge in [-0.1, -0.05) is 26.0 Å². The van der Waals surface area contributed by atoms with Gasteiger partial charge in [-0.25, -0.2) is 14.3 Å². The number of halogens is 1. The van der Waals surface area contributed by atoms with Gasteiger partial charge < -0.3 is 63.4 Å². The maximum atomic E-state index is 14.9. The first-order valence-electron chi connectivity index (χ1n) is 25.2. The van der Waals surface area contributed by atoms with Crippen LogP contribution in [0.2, 0.25) is 0 Å². The van der Waals surface area contributed by atoms with Gasteiger partial charge in [0.2, 0.25) is 0 Å². The van der Waals surface area contributed by atoms with Crippen molar-refractivity contribution >= 4 is 11.7 Å². The fourth-order valence-corrected chi connectivity index (χ4v) is 10.7. The van der Waals surface area contributed by atoms with Gasteiger partial charge >= 0.3 is 11.7 Å². The number of methoxy groups -OCH3 is 1. The highest BCUT2D eigenvalue weighted by Crippen LogP contribution is 2.40. The molecule has 5 N–H and O–H groups in total. The van der Waals surface area contributed by atoms with Crippen molar-refractivity contribution in [3.63, 3.8) is 0 Å². The fraction of sp³-hybridized carbons (Fsp3) is 0.820. The van der Waals surface area contributed by atoms with Crippen LogP contribution in [0.3, 0.4) is 0 Å². The minimum Gasteiger partial charge on any atom is -0.490 e. The average Bonchev–Trinajstić information content (AvgIpc) is 3.76. The van der Waals surface area contributed by atoms with E-state index in [4.69, 9.17) is 38.4 Å². The fourth-order valence-electron chi connectivity index (χ4n) is 10.7. The molecule has 71 heavy (non-hydrogen) atoms. The first-order chi connectivity index (χ1) is 33.2. The Hall–Kier alpha value is -3.48. The number of hydrogen-bond donors (Lipinski definition) is 5. The average molecular weight is 1010 g/mol. The highest BCUT2D eigenvalue weighted by molar-refractivity contribution is 5.73. The molecule has 20 nitrogen and oxygen atoms in total. The van der Waals surface area contributed by atoms with E-state index in [1.165, 1.54) is 43.0 Å². The Morgan fingerprint density at radius 3 is 2.30 bits per heavy atom. The maximum absolute atomic E-state index is 14.9. The van der Waals surface area contributed by atoms with Gasteiger partial charge in [-0.2, -0.15) is 0 Å². The SMILES string of the molecule is CC[C@H]1OC(=O)[C@H](C)[C@@H](O[C@H]2C[C@@](C)(OC)[C@@H](O)[C@H](C)O2)[C@H](C)[C@@H](O[C@H]2C[C@@H](N(C)CCc3cn(C[C@@H](F)COc4ccc([N+](=O)O)cc4)nn3)C[C@@H](C)O2)[C@](C)(O)C[C@@H](C)CN(C)[C@H](C)[C@@H](O)[C@]1(C)O. The van der Waals surface area contributed by atoms with E-state index in [1.54, 1.807) is 47.7 Å². The monoisotopic (exact) mass is 1010 g/mol.